The van der Waals surface area contributed by atoms with Crippen molar-refractivity contribution in [1.29, 1.82) is 0 Å². The van der Waals surface area contributed by atoms with Crippen LogP contribution in [0.5, 0.6) is 5.75 Å². The third-order valence-electron chi connectivity index (χ3n) is 6.23. The van der Waals surface area contributed by atoms with Crippen molar-refractivity contribution in [3.05, 3.63) is 59.4 Å². The van der Waals surface area contributed by atoms with Crippen LogP contribution in [0, 0.1) is 11.7 Å². The molecule has 1 aliphatic rings. The van der Waals surface area contributed by atoms with Gasteiger partial charge in [-0.1, -0.05) is 25.1 Å². The van der Waals surface area contributed by atoms with Crippen molar-refractivity contribution in [1.82, 2.24) is 9.80 Å². The van der Waals surface area contributed by atoms with Crippen molar-refractivity contribution in [2.45, 2.75) is 39.5 Å². The minimum atomic E-state index is -0.237. The van der Waals surface area contributed by atoms with Crippen molar-refractivity contribution in [3.8, 4) is 5.75 Å². The van der Waals surface area contributed by atoms with Crippen molar-refractivity contribution in [3.63, 3.8) is 0 Å². The highest BCUT2D eigenvalue weighted by molar-refractivity contribution is 5.99. The van der Waals surface area contributed by atoms with E-state index in [1.54, 1.807) is 49.4 Å². The number of carbonyl (C=O) groups is 2. The number of carbonyl (C=O) groups excluding carboxylic acids is 2. The summed E-state index contributed by atoms with van der Waals surface area (Å²) < 4.78 is 26.3. The molecule has 3 atom stereocenters. The Morgan fingerprint density at radius 2 is 1.94 bits per heavy atom. The SMILES string of the molecule is CO[C@@H]1CN(C)C(=O)c2cc(NC(C)=O)ccc2OC[C@H](C)N(Cc2ccccc2F)C[C@H]1C. The first-order valence-electron chi connectivity index (χ1n) is 11.5. The molecule has 1 heterocycles. The molecule has 3 rings (SSSR count). The zero-order valence-corrected chi connectivity index (χ0v) is 20.5. The molecule has 8 heteroatoms. The van der Waals surface area contributed by atoms with E-state index < -0.39 is 0 Å². The van der Waals surface area contributed by atoms with Gasteiger partial charge in [0.15, 0.2) is 0 Å². The van der Waals surface area contributed by atoms with Gasteiger partial charge >= 0.3 is 0 Å². The first kappa shape index (κ1) is 25.6. The van der Waals surface area contributed by atoms with Gasteiger partial charge in [0.1, 0.15) is 18.2 Å². The van der Waals surface area contributed by atoms with E-state index >= 15 is 0 Å². The molecule has 0 radical (unpaired) electrons. The van der Waals surface area contributed by atoms with E-state index in [0.717, 1.165) is 0 Å². The molecule has 34 heavy (non-hydrogen) atoms. The normalized spacial score (nSPS) is 22.2. The predicted molar refractivity (Wildman–Crippen MR) is 129 cm³/mol. The highest BCUT2D eigenvalue weighted by atomic mass is 19.1. The smallest absolute Gasteiger partial charge is 0.257 e. The average molecular weight is 472 g/mol. The summed E-state index contributed by atoms with van der Waals surface area (Å²) in [6, 6.07) is 11.8. The molecule has 0 saturated heterocycles. The maximum absolute atomic E-state index is 14.4. The second-order valence-corrected chi connectivity index (χ2v) is 9.01. The number of likely N-dealkylation sites (N-methyl/N-ethyl adjacent to an activating group) is 1. The third-order valence-corrected chi connectivity index (χ3v) is 6.23. The molecular formula is C26H34FN3O4. The molecule has 0 bridgehead atoms. The van der Waals surface area contributed by atoms with Gasteiger partial charge in [-0.3, -0.25) is 14.5 Å². The Morgan fingerprint density at radius 3 is 2.62 bits per heavy atom. The van der Waals surface area contributed by atoms with Crippen molar-refractivity contribution >= 4 is 17.5 Å². The zero-order valence-electron chi connectivity index (χ0n) is 20.5. The highest BCUT2D eigenvalue weighted by Crippen LogP contribution is 2.27. The lowest BCUT2D eigenvalue weighted by molar-refractivity contribution is -0.114. The molecule has 0 aliphatic carbocycles. The summed E-state index contributed by atoms with van der Waals surface area (Å²) in [4.78, 5) is 28.6. The Labute approximate surface area is 200 Å². The number of anilines is 1. The monoisotopic (exact) mass is 471 g/mol. The predicted octanol–water partition coefficient (Wildman–Crippen LogP) is 3.79. The van der Waals surface area contributed by atoms with Crippen LogP contribution in [0.3, 0.4) is 0 Å². The lowest BCUT2D eigenvalue weighted by Crippen LogP contribution is -2.46. The number of hydrogen-bond acceptors (Lipinski definition) is 5. The summed E-state index contributed by atoms with van der Waals surface area (Å²) in [5.74, 6) is -0.169. The van der Waals surface area contributed by atoms with Gasteiger partial charge in [0.2, 0.25) is 5.91 Å². The molecule has 0 unspecified atom stereocenters. The topological polar surface area (TPSA) is 71.1 Å². The van der Waals surface area contributed by atoms with Gasteiger partial charge in [0.05, 0.1) is 11.7 Å². The second kappa shape index (κ2) is 11.4. The minimum Gasteiger partial charge on any atom is -0.491 e. The molecule has 0 saturated carbocycles. The second-order valence-electron chi connectivity index (χ2n) is 9.01. The van der Waals surface area contributed by atoms with E-state index in [1.807, 2.05) is 13.0 Å². The minimum absolute atomic E-state index is 0.0605. The number of benzene rings is 2. The van der Waals surface area contributed by atoms with E-state index in [1.165, 1.54) is 13.0 Å². The lowest BCUT2D eigenvalue weighted by Gasteiger charge is -2.36. The van der Waals surface area contributed by atoms with Crippen LogP contribution in [0.15, 0.2) is 42.5 Å². The van der Waals surface area contributed by atoms with E-state index in [4.69, 9.17) is 9.47 Å². The van der Waals surface area contributed by atoms with Crippen LogP contribution in [0.25, 0.3) is 0 Å². The molecule has 1 N–H and O–H groups in total. The number of rotatable bonds is 4. The number of halogens is 1. The summed E-state index contributed by atoms with van der Waals surface area (Å²) in [5.41, 5.74) is 1.51. The molecule has 2 aromatic carbocycles. The molecular weight excluding hydrogens is 437 g/mol. The Balaban J connectivity index is 1.95. The summed E-state index contributed by atoms with van der Waals surface area (Å²) in [5, 5.41) is 2.72. The molecule has 184 valence electrons. The first-order chi connectivity index (χ1) is 16.2. The fourth-order valence-corrected chi connectivity index (χ4v) is 4.20. The molecule has 2 amide bonds. The van der Waals surface area contributed by atoms with Gasteiger partial charge < -0.3 is 19.7 Å². The van der Waals surface area contributed by atoms with Gasteiger partial charge in [-0.2, -0.15) is 0 Å². The maximum atomic E-state index is 14.4. The van der Waals surface area contributed by atoms with Gasteiger partial charge in [0.25, 0.3) is 5.91 Å². The molecule has 7 nitrogen and oxygen atoms in total. The summed E-state index contributed by atoms with van der Waals surface area (Å²) in [6.07, 6.45) is -0.216. The Bertz CT molecular complexity index is 1020. The largest absolute Gasteiger partial charge is 0.491 e. The van der Waals surface area contributed by atoms with E-state index in [0.29, 0.717) is 48.8 Å². The van der Waals surface area contributed by atoms with E-state index in [9.17, 15) is 14.0 Å². The van der Waals surface area contributed by atoms with Gasteiger partial charge in [-0.15, -0.1) is 0 Å². The van der Waals surface area contributed by atoms with Crippen molar-refractivity contribution < 1.29 is 23.5 Å². The number of amides is 2. The third kappa shape index (κ3) is 6.33. The van der Waals surface area contributed by atoms with Crippen molar-refractivity contribution in [2.75, 3.05) is 39.2 Å². The number of nitrogens with one attached hydrogen (secondary N) is 1. The Hall–Kier alpha value is -2.97. The van der Waals surface area contributed by atoms with Gasteiger partial charge in [-0.25, -0.2) is 4.39 Å². The highest BCUT2D eigenvalue weighted by Gasteiger charge is 2.28. The maximum Gasteiger partial charge on any atom is 0.257 e. The number of methoxy groups -OCH3 is 1. The molecule has 0 spiro atoms. The molecule has 0 aromatic heterocycles. The van der Waals surface area contributed by atoms with Gasteiger partial charge in [-0.05, 0) is 37.1 Å². The van der Waals surface area contributed by atoms with Crippen LogP contribution in [0.1, 0.15) is 36.7 Å². The molecule has 2 aromatic rings. The van der Waals surface area contributed by atoms with Crippen LogP contribution >= 0.6 is 0 Å². The number of fused-ring (bicyclic) bond motifs is 1. The Kier molecular flexibility index (Phi) is 8.63. The van der Waals surface area contributed by atoms with Crippen LogP contribution in [-0.2, 0) is 16.1 Å². The van der Waals surface area contributed by atoms with Crippen LogP contribution < -0.4 is 10.1 Å². The first-order valence-corrected chi connectivity index (χ1v) is 11.5. The summed E-state index contributed by atoms with van der Waals surface area (Å²) >= 11 is 0. The Morgan fingerprint density at radius 1 is 1.21 bits per heavy atom. The van der Waals surface area contributed by atoms with E-state index in [-0.39, 0.29) is 35.7 Å². The quantitative estimate of drug-likeness (QED) is 0.735. The average Bonchev–Trinajstić information content (AvgIpc) is 2.80. The van der Waals surface area contributed by atoms with Crippen LogP contribution in [0.2, 0.25) is 0 Å². The standard InChI is InChI=1S/C26H34FN3O4/c1-17-13-30(14-20-8-6-7-9-23(20)27)18(2)16-34-24-11-10-21(28-19(3)31)12-22(24)26(32)29(4)15-25(17)33-5/h6-12,17-18,25H,13-16H2,1-5H3,(H,28,31)/t17-,18+,25-/m1/s1. The summed E-state index contributed by atoms with van der Waals surface area (Å²) in [7, 11) is 3.36. The van der Waals surface area contributed by atoms with Crippen molar-refractivity contribution in [2.24, 2.45) is 5.92 Å². The zero-order chi connectivity index (χ0) is 24.8. The number of ether oxygens (including phenoxy) is 2. The van der Waals surface area contributed by atoms with Crippen LogP contribution in [-0.4, -0.2) is 67.6 Å². The fourth-order valence-electron chi connectivity index (χ4n) is 4.20. The lowest BCUT2D eigenvalue weighted by atomic mass is 10.0. The van der Waals surface area contributed by atoms with E-state index in [2.05, 4.69) is 17.1 Å². The number of nitrogens with zero attached hydrogens (tertiary/aromatic N) is 2. The fraction of sp³-hybridized carbons (Fsp3) is 0.462. The number of hydrogen-bond donors (Lipinski definition) is 1. The summed E-state index contributed by atoms with van der Waals surface area (Å²) in [6.45, 7) is 7.28. The molecule has 0 fully saturated rings. The van der Waals surface area contributed by atoms with Gasteiger partial charge in [0, 0.05) is 58.0 Å². The molecule has 1 aliphatic heterocycles. The van der Waals surface area contributed by atoms with Crippen LogP contribution in [0.4, 0.5) is 10.1 Å².